The van der Waals surface area contributed by atoms with Crippen LogP contribution in [0.15, 0.2) is 18.2 Å². The topological polar surface area (TPSA) is 41.6 Å². The number of hydrogen-bond acceptors (Lipinski definition) is 3. The average molecular weight is 361 g/mol. The van der Waals surface area contributed by atoms with Crippen LogP contribution in [0.25, 0.3) is 0 Å². The number of carbonyl (C=O) groups is 1. The Morgan fingerprint density at radius 1 is 1.33 bits per heavy atom. The smallest absolute Gasteiger partial charge is 0.237 e. The SMILES string of the molecule is CC1CN(C(CNC(=O)C(C)Cl)c2c(F)cccc2F)CC(C)O1. The Bertz CT molecular complexity index is 555. The standard InChI is InChI=1S/C17H23ClF2N2O2/c1-10-8-22(9-11(2)24-10)15(7-21-17(23)12(3)18)16-13(19)5-4-6-14(16)20/h4-6,10-12,15H,7-9H2,1-3H3,(H,21,23). The Morgan fingerprint density at radius 2 is 1.88 bits per heavy atom. The lowest BCUT2D eigenvalue weighted by atomic mass is 10.0. The van der Waals surface area contributed by atoms with Crippen molar-refractivity contribution in [3.8, 4) is 0 Å². The number of hydrogen-bond donors (Lipinski definition) is 1. The predicted molar refractivity (Wildman–Crippen MR) is 89.0 cm³/mol. The lowest BCUT2D eigenvalue weighted by Gasteiger charge is -2.40. The van der Waals surface area contributed by atoms with E-state index in [-0.39, 0.29) is 30.2 Å². The van der Waals surface area contributed by atoms with Crippen molar-refractivity contribution in [2.45, 2.75) is 44.4 Å². The van der Waals surface area contributed by atoms with E-state index in [2.05, 4.69) is 5.32 Å². The third-order valence-corrected chi connectivity index (χ3v) is 4.25. The number of rotatable bonds is 5. The number of morpholine rings is 1. The third kappa shape index (κ3) is 4.65. The molecule has 0 bridgehead atoms. The molecule has 4 nitrogen and oxygen atoms in total. The normalized spacial score (nSPS) is 24.4. The number of amides is 1. The number of nitrogens with zero attached hydrogens (tertiary/aromatic N) is 1. The maximum Gasteiger partial charge on any atom is 0.237 e. The van der Waals surface area contributed by atoms with Gasteiger partial charge in [-0.05, 0) is 32.9 Å². The molecule has 1 heterocycles. The fourth-order valence-corrected chi connectivity index (χ4v) is 3.13. The monoisotopic (exact) mass is 360 g/mol. The minimum absolute atomic E-state index is 0.0404. The van der Waals surface area contributed by atoms with Crippen LogP contribution in [0.1, 0.15) is 32.4 Å². The minimum atomic E-state index is -0.710. The molecule has 1 aliphatic rings. The molecular formula is C17H23ClF2N2O2. The number of carbonyl (C=O) groups excluding carboxylic acids is 1. The van der Waals surface area contributed by atoms with Crippen molar-refractivity contribution in [3.05, 3.63) is 35.4 Å². The van der Waals surface area contributed by atoms with E-state index in [1.165, 1.54) is 18.2 Å². The highest BCUT2D eigenvalue weighted by atomic mass is 35.5. The molecule has 1 saturated heterocycles. The molecule has 1 N–H and O–H groups in total. The number of alkyl halides is 1. The highest BCUT2D eigenvalue weighted by Gasteiger charge is 2.32. The summed E-state index contributed by atoms with van der Waals surface area (Å²) >= 11 is 5.76. The van der Waals surface area contributed by atoms with Crippen LogP contribution in [-0.4, -0.2) is 48.0 Å². The van der Waals surface area contributed by atoms with Crippen LogP contribution in [0.5, 0.6) is 0 Å². The number of benzene rings is 1. The number of halogens is 3. The van der Waals surface area contributed by atoms with E-state index in [4.69, 9.17) is 16.3 Å². The lowest BCUT2D eigenvalue weighted by molar-refractivity contribution is -0.121. The molecule has 1 aromatic rings. The first-order valence-electron chi connectivity index (χ1n) is 8.04. The molecule has 24 heavy (non-hydrogen) atoms. The molecule has 2 rings (SSSR count). The van der Waals surface area contributed by atoms with Gasteiger partial charge in [0.15, 0.2) is 0 Å². The lowest BCUT2D eigenvalue weighted by Crippen LogP contribution is -2.50. The average Bonchev–Trinajstić information content (AvgIpc) is 2.48. The van der Waals surface area contributed by atoms with E-state index in [0.717, 1.165) is 0 Å². The minimum Gasteiger partial charge on any atom is -0.373 e. The molecule has 0 aliphatic carbocycles. The van der Waals surface area contributed by atoms with E-state index in [1.54, 1.807) is 6.92 Å². The maximum atomic E-state index is 14.3. The third-order valence-electron chi connectivity index (χ3n) is 4.05. The molecule has 0 radical (unpaired) electrons. The van der Waals surface area contributed by atoms with Crippen molar-refractivity contribution in [1.29, 1.82) is 0 Å². The second kappa shape index (κ2) is 8.23. The van der Waals surface area contributed by atoms with E-state index in [1.807, 2.05) is 18.7 Å². The van der Waals surface area contributed by atoms with Gasteiger partial charge in [-0.15, -0.1) is 11.6 Å². The van der Waals surface area contributed by atoms with E-state index in [9.17, 15) is 13.6 Å². The molecule has 1 fully saturated rings. The molecule has 0 aromatic heterocycles. The molecule has 134 valence electrons. The summed E-state index contributed by atoms with van der Waals surface area (Å²) in [5, 5.41) is 1.97. The van der Waals surface area contributed by atoms with Gasteiger partial charge in [0.25, 0.3) is 0 Å². The summed E-state index contributed by atoms with van der Waals surface area (Å²) in [6, 6.07) is 3.16. The second-order valence-electron chi connectivity index (χ2n) is 6.22. The van der Waals surface area contributed by atoms with Gasteiger partial charge in [-0.2, -0.15) is 0 Å². The number of ether oxygens (including phenoxy) is 1. The van der Waals surface area contributed by atoms with Gasteiger partial charge in [-0.3, -0.25) is 9.69 Å². The van der Waals surface area contributed by atoms with Crippen molar-refractivity contribution in [2.24, 2.45) is 0 Å². The van der Waals surface area contributed by atoms with E-state index < -0.39 is 23.1 Å². The van der Waals surface area contributed by atoms with Crippen LogP contribution in [0.4, 0.5) is 8.78 Å². The summed E-state index contributed by atoms with van der Waals surface area (Å²) in [6.45, 7) is 6.50. The zero-order chi connectivity index (χ0) is 17.9. The first-order chi connectivity index (χ1) is 11.3. The van der Waals surface area contributed by atoms with E-state index >= 15 is 0 Å². The Labute approximate surface area is 146 Å². The maximum absolute atomic E-state index is 14.3. The fraction of sp³-hybridized carbons (Fsp3) is 0.588. The first-order valence-corrected chi connectivity index (χ1v) is 8.48. The van der Waals surface area contributed by atoms with Crippen LogP contribution < -0.4 is 5.32 Å². The highest BCUT2D eigenvalue weighted by Crippen LogP contribution is 2.28. The molecular weight excluding hydrogens is 338 g/mol. The van der Waals surface area contributed by atoms with Crippen LogP contribution in [0.3, 0.4) is 0 Å². The van der Waals surface area contributed by atoms with Crippen LogP contribution in [0.2, 0.25) is 0 Å². The van der Waals surface area contributed by atoms with Gasteiger partial charge >= 0.3 is 0 Å². The van der Waals surface area contributed by atoms with Crippen molar-refractivity contribution >= 4 is 17.5 Å². The summed E-state index contributed by atoms with van der Waals surface area (Å²) in [5.74, 6) is -1.62. The van der Waals surface area contributed by atoms with Crippen molar-refractivity contribution in [3.63, 3.8) is 0 Å². The first kappa shape index (κ1) is 19.1. The largest absolute Gasteiger partial charge is 0.373 e. The highest BCUT2D eigenvalue weighted by molar-refractivity contribution is 6.30. The van der Waals surface area contributed by atoms with E-state index in [0.29, 0.717) is 13.1 Å². The Kier molecular flexibility index (Phi) is 6.54. The second-order valence-corrected chi connectivity index (χ2v) is 6.88. The van der Waals surface area contributed by atoms with Gasteiger partial charge in [0.1, 0.15) is 17.0 Å². The molecule has 0 saturated carbocycles. The predicted octanol–water partition coefficient (Wildman–Crippen LogP) is 2.86. The Hall–Kier alpha value is -1.24. The van der Waals surface area contributed by atoms with Crippen LogP contribution in [-0.2, 0) is 9.53 Å². The fourth-order valence-electron chi connectivity index (χ4n) is 3.05. The molecule has 4 atom stereocenters. The summed E-state index contributed by atoms with van der Waals surface area (Å²) < 4.78 is 34.3. The van der Waals surface area contributed by atoms with Gasteiger partial charge in [-0.25, -0.2) is 8.78 Å². The number of nitrogens with one attached hydrogen (secondary N) is 1. The molecule has 4 unspecified atom stereocenters. The summed E-state index contributed by atoms with van der Waals surface area (Å²) in [6.07, 6.45) is -0.123. The molecule has 1 aromatic carbocycles. The summed E-state index contributed by atoms with van der Waals surface area (Å²) in [7, 11) is 0. The van der Waals surface area contributed by atoms with Crippen LogP contribution in [0, 0.1) is 11.6 Å². The molecule has 1 aliphatic heterocycles. The molecule has 1 amide bonds. The summed E-state index contributed by atoms with van der Waals surface area (Å²) in [4.78, 5) is 13.7. The molecule has 0 spiro atoms. The van der Waals surface area contributed by atoms with Gasteiger partial charge in [0.05, 0.1) is 18.2 Å². The zero-order valence-electron chi connectivity index (χ0n) is 14.1. The molecule has 7 heteroatoms. The van der Waals surface area contributed by atoms with Gasteiger partial charge in [0.2, 0.25) is 5.91 Å². The van der Waals surface area contributed by atoms with Gasteiger partial charge in [-0.1, -0.05) is 6.07 Å². The van der Waals surface area contributed by atoms with Crippen molar-refractivity contribution in [1.82, 2.24) is 10.2 Å². The van der Waals surface area contributed by atoms with Gasteiger partial charge < -0.3 is 10.1 Å². The zero-order valence-corrected chi connectivity index (χ0v) is 14.8. The Morgan fingerprint density at radius 3 is 2.38 bits per heavy atom. The Balaban J connectivity index is 2.29. The summed E-state index contributed by atoms with van der Waals surface area (Å²) in [5.41, 5.74) is -0.0404. The van der Waals surface area contributed by atoms with Crippen molar-refractivity contribution in [2.75, 3.05) is 19.6 Å². The van der Waals surface area contributed by atoms with Crippen LogP contribution >= 0.6 is 11.6 Å². The van der Waals surface area contributed by atoms with Gasteiger partial charge in [0, 0.05) is 25.2 Å². The quantitative estimate of drug-likeness (QED) is 0.821. The van der Waals surface area contributed by atoms with Crippen molar-refractivity contribution < 1.29 is 18.3 Å².